The zero-order chi connectivity index (χ0) is 16.8. The fourth-order valence-electron chi connectivity index (χ4n) is 3.46. The molecule has 0 radical (unpaired) electrons. The Morgan fingerprint density at radius 3 is 1.60 bits per heavy atom. The van der Waals surface area contributed by atoms with Crippen LogP contribution in [-0.2, 0) is 5.62 Å². The van der Waals surface area contributed by atoms with Gasteiger partial charge in [-0.2, -0.15) is 0 Å². The first kappa shape index (κ1) is 14.9. The molecule has 0 atom stereocenters. The Morgan fingerprint density at radius 1 is 0.640 bits per heavy atom. The summed E-state index contributed by atoms with van der Waals surface area (Å²) >= 11 is 6.10. The van der Waals surface area contributed by atoms with Crippen LogP contribution in [0.3, 0.4) is 0 Å². The van der Waals surface area contributed by atoms with Crippen molar-refractivity contribution in [2.45, 2.75) is 5.62 Å². The van der Waals surface area contributed by atoms with Gasteiger partial charge in [0, 0.05) is 10.8 Å². The maximum atomic E-state index is 6.16. The molecule has 25 heavy (non-hydrogen) atoms. The molecule has 0 aliphatic rings. The molecule has 2 nitrogen and oxygen atoms in total. The second kappa shape index (κ2) is 5.84. The van der Waals surface area contributed by atoms with Crippen LogP contribution in [0.4, 0.5) is 0 Å². The van der Waals surface area contributed by atoms with Crippen LogP contribution in [0, 0.1) is 0 Å². The van der Waals surface area contributed by atoms with Gasteiger partial charge in [0.25, 0.3) is 0 Å². The van der Waals surface area contributed by atoms with Gasteiger partial charge in [-0.1, -0.05) is 60.7 Å². The summed E-state index contributed by atoms with van der Waals surface area (Å²) in [6.07, 6.45) is 0. The summed E-state index contributed by atoms with van der Waals surface area (Å²) in [6.45, 7) is 0. The number of alkyl halides is 1. The van der Waals surface area contributed by atoms with Gasteiger partial charge in [-0.05, 0) is 33.7 Å². The van der Waals surface area contributed by atoms with E-state index in [2.05, 4.69) is 60.7 Å². The smallest absolute Gasteiger partial charge is 0.232 e. The van der Waals surface area contributed by atoms with Crippen LogP contribution in [0.25, 0.3) is 43.5 Å². The fraction of sp³-hybridized carbons (Fsp3) is 0.0476. The Balaban J connectivity index is 2.20. The number of rotatable bonds is 1. The van der Waals surface area contributed by atoms with E-state index in [1.54, 1.807) is 0 Å². The summed E-state index contributed by atoms with van der Waals surface area (Å²) < 4.78 is 12.3. The lowest BCUT2D eigenvalue weighted by Crippen LogP contribution is -1.79. The summed E-state index contributed by atoms with van der Waals surface area (Å²) in [5.41, 5.74) is 1.99. The summed E-state index contributed by atoms with van der Waals surface area (Å²) in [6, 6.07) is 25.0. The van der Waals surface area contributed by atoms with E-state index < -0.39 is 8.01 Å². The minimum absolute atomic E-state index is 0.327. The highest BCUT2D eigenvalue weighted by Crippen LogP contribution is 2.41. The van der Waals surface area contributed by atoms with Crippen molar-refractivity contribution in [3.8, 4) is 0 Å². The van der Waals surface area contributed by atoms with Crippen molar-refractivity contribution in [1.82, 2.24) is 0 Å². The van der Waals surface area contributed by atoms with Crippen molar-refractivity contribution in [2.75, 3.05) is 0 Å². The lowest BCUT2D eigenvalue weighted by Gasteiger charge is -2.05. The van der Waals surface area contributed by atoms with Crippen LogP contribution in [-0.4, -0.2) is 0 Å². The van der Waals surface area contributed by atoms with Gasteiger partial charge >= 0.3 is 0 Å². The van der Waals surface area contributed by atoms with Gasteiger partial charge in [0.05, 0.1) is 0 Å². The van der Waals surface area contributed by atoms with E-state index in [1.165, 1.54) is 10.8 Å². The Labute approximate surface area is 150 Å². The van der Waals surface area contributed by atoms with Crippen LogP contribution in [0.5, 0.6) is 0 Å². The number of benzene rings is 4. The van der Waals surface area contributed by atoms with Crippen molar-refractivity contribution < 1.29 is 8.39 Å². The summed E-state index contributed by atoms with van der Waals surface area (Å²) in [4.78, 5) is 0. The third-order valence-electron chi connectivity index (χ3n) is 4.53. The maximum absolute atomic E-state index is 6.16. The minimum atomic E-state index is -1.21. The standard InChI is InChI=1S/C21H14ClO2P/c22-13-25-23-18-11-9-14-5-1-3-7-16(14)20(18)21-17-8-4-2-6-15(17)10-12-19(21)24-25/h1-12H,13H2. The highest BCUT2D eigenvalue weighted by molar-refractivity contribution is 7.38. The average Bonchev–Trinajstić information content (AvgIpc) is 2.84. The Kier molecular flexibility index (Phi) is 3.48. The zero-order valence-corrected chi connectivity index (χ0v) is 14.9. The molecule has 0 unspecified atom stereocenters. The first-order valence-electron chi connectivity index (χ1n) is 8.08. The molecule has 1 aromatic heterocycles. The summed E-state index contributed by atoms with van der Waals surface area (Å²) in [5, 5.41) is 6.85. The van der Waals surface area contributed by atoms with E-state index in [0.717, 1.165) is 32.7 Å². The highest BCUT2D eigenvalue weighted by Gasteiger charge is 2.12. The first-order valence-corrected chi connectivity index (χ1v) is 9.98. The molecule has 5 aromatic rings. The van der Waals surface area contributed by atoms with Crippen LogP contribution in [0.2, 0.25) is 0 Å². The van der Waals surface area contributed by atoms with E-state index in [-0.39, 0.29) is 0 Å². The number of hydrogen-bond donors (Lipinski definition) is 0. The molecule has 0 fully saturated rings. The molecule has 0 aliphatic carbocycles. The van der Waals surface area contributed by atoms with Crippen LogP contribution in [0.1, 0.15) is 0 Å². The molecule has 0 saturated heterocycles. The van der Waals surface area contributed by atoms with Crippen LogP contribution >= 0.6 is 19.6 Å². The van der Waals surface area contributed by atoms with Gasteiger partial charge in [-0.25, -0.2) is 0 Å². The predicted octanol–water partition coefficient (Wildman–Crippen LogP) is 7.79. The Morgan fingerprint density at radius 2 is 1.12 bits per heavy atom. The van der Waals surface area contributed by atoms with E-state index >= 15 is 0 Å². The Hall–Kier alpha value is -2.41. The third-order valence-corrected chi connectivity index (χ3v) is 6.11. The summed E-state index contributed by atoms with van der Waals surface area (Å²) in [7, 11) is -1.21. The molecule has 4 heteroatoms. The van der Waals surface area contributed by atoms with Gasteiger partial charge in [0.1, 0.15) is 16.8 Å². The predicted molar refractivity (Wildman–Crippen MR) is 107 cm³/mol. The quantitative estimate of drug-likeness (QED) is 0.284. The van der Waals surface area contributed by atoms with Crippen molar-refractivity contribution in [3.63, 3.8) is 0 Å². The first-order chi connectivity index (χ1) is 12.3. The molecule has 0 bridgehead atoms. The van der Waals surface area contributed by atoms with Crippen molar-refractivity contribution >= 4 is 63.1 Å². The molecular weight excluding hydrogens is 351 g/mol. The molecule has 0 N–H and O–H groups in total. The number of fused-ring (bicyclic) bond motifs is 7. The lowest BCUT2D eigenvalue weighted by atomic mass is 9.99. The topological polar surface area (TPSA) is 26.3 Å². The fourth-order valence-corrected chi connectivity index (χ4v) is 4.63. The van der Waals surface area contributed by atoms with E-state index in [9.17, 15) is 0 Å². The SMILES string of the molecule is ClCp1oc2ccc3ccccc3c2c2c(ccc3ccccc32)o1. The number of halogens is 1. The molecule has 0 aliphatic heterocycles. The Bertz CT molecular complexity index is 1190. The average molecular weight is 365 g/mol. The molecule has 5 rings (SSSR count). The molecule has 0 spiro atoms. The monoisotopic (exact) mass is 364 g/mol. The van der Waals surface area contributed by atoms with E-state index in [0.29, 0.717) is 5.62 Å². The van der Waals surface area contributed by atoms with Crippen LogP contribution in [0.15, 0.2) is 81.2 Å². The molecule has 122 valence electrons. The van der Waals surface area contributed by atoms with Gasteiger partial charge < -0.3 is 8.39 Å². The van der Waals surface area contributed by atoms with Gasteiger partial charge in [0.2, 0.25) is 8.01 Å². The lowest BCUT2D eigenvalue weighted by molar-refractivity contribution is 0.643. The zero-order valence-electron chi connectivity index (χ0n) is 13.3. The minimum Gasteiger partial charge on any atom is -0.418 e. The second-order valence-electron chi connectivity index (χ2n) is 5.95. The van der Waals surface area contributed by atoms with E-state index in [4.69, 9.17) is 20.0 Å². The normalized spacial score (nSPS) is 11.6. The second-order valence-corrected chi connectivity index (χ2v) is 7.94. The molecule has 0 amide bonds. The number of hydrogen-bond acceptors (Lipinski definition) is 2. The molecule has 4 aromatic carbocycles. The highest BCUT2D eigenvalue weighted by atomic mass is 35.5. The molecule has 1 heterocycles. The van der Waals surface area contributed by atoms with Crippen molar-refractivity contribution in [2.24, 2.45) is 0 Å². The maximum Gasteiger partial charge on any atom is 0.232 e. The van der Waals surface area contributed by atoms with Crippen molar-refractivity contribution in [3.05, 3.63) is 72.8 Å². The van der Waals surface area contributed by atoms with Crippen molar-refractivity contribution in [1.29, 1.82) is 0 Å². The van der Waals surface area contributed by atoms with E-state index in [1.807, 2.05) is 12.1 Å². The molecular formula is C21H14ClO2P. The summed E-state index contributed by atoms with van der Waals surface area (Å²) in [5.74, 6) is 0. The van der Waals surface area contributed by atoms with Gasteiger partial charge in [-0.3, -0.25) is 0 Å². The van der Waals surface area contributed by atoms with Gasteiger partial charge in [-0.15, -0.1) is 11.6 Å². The third kappa shape index (κ3) is 2.33. The van der Waals surface area contributed by atoms with Gasteiger partial charge in [0.15, 0.2) is 0 Å². The van der Waals surface area contributed by atoms with Crippen LogP contribution < -0.4 is 0 Å². The largest absolute Gasteiger partial charge is 0.418 e. The molecule has 0 saturated carbocycles.